The molecule has 0 unspecified atom stereocenters. The summed E-state index contributed by atoms with van der Waals surface area (Å²) in [6, 6.07) is 21.9. The molecule has 0 spiro atoms. The molecule has 1 aliphatic rings. The fraction of sp³-hybridized carbons (Fsp3) is 0.333. The molecule has 25 heavy (non-hydrogen) atoms. The Bertz CT molecular complexity index is 771. The lowest BCUT2D eigenvalue weighted by Crippen LogP contribution is -2.46. The van der Waals surface area contributed by atoms with Crippen LogP contribution >= 0.6 is 0 Å². The second kappa shape index (κ2) is 6.81. The van der Waals surface area contributed by atoms with Gasteiger partial charge in [-0.15, -0.1) is 10.2 Å². The van der Waals surface area contributed by atoms with Crippen molar-refractivity contribution in [2.75, 3.05) is 13.1 Å². The lowest BCUT2D eigenvalue weighted by Gasteiger charge is -2.43. The summed E-state index contributed by atoms with van der Waals surface area (Å²) < 4.78 is 2.02. The van der Waals surface area contributed by atoms with E-state index >= 15 is 0 Å². The number of nitrogens with zero attached hydrogens (tertiary/aromatic N) is 4. The van der Waals surface area contributed by atoms with Crippen LogP contribution in [0.3, 0.4) is 0 Å². The monoisotopic (exact) mass is 332 g/mol. The van der Waals surface area contributed by atoms with Gasteiger partial charge in [0.25, 0.3) is 0 Å². The highest BCUT2D eigenvalue weighted by molar-refractivity contribution is 5.40. The van der Waals surface area contributed by atoms with Crippen molar-refractivity contribution < 1.29 is 0 Å². The maximum absolute atomic E-state index is 4.27. The molecule has 0 saturated carbocycles. The summed E-state index contributed by atoms with van der Waals surface area (Å²) in [7, 11) is 2.01. The zero-order valence-electron chi connectivity index (χ0n) is 14.7. The molecule has 128 valence electrons. The van der Waals surface area contributed by atoms with Crippen LogP contribution in [0, 0.1) is 0 Å². The van der Waals surface area contributed by atoms with Crippen LogP contribution in [0.25, 0.3) is 0 Å². The van der Waals surface area contributed by atoms with Gasteiger partial charge in [0.1, 0.15) is 12.2 Å². The van der Waals surface area contributed by atoms with E-state index in [-0.39, 0.29) is 5.41 Å². The van der Waals surface area contributed by atoms with E-state index in [1.165, 1.54) is 24.0 Å². The molecule has 3 aromatic rings. The van der Waals surface area contributed by atoms with Gasteiger partial charge in [-0.3, -0.25) is 4.90 Å². The molecule has 2 aromatic carbocycles. The average molecular weight is 332 g/mol. The standard InChI is InChI=1S/C21H24N4/c1-24-17-22-23-20(24)15-25-14-8-13-21(16-25,18-9-4-2-5-10-18)19-11-6-3-7-12-19/h2-7,9-12,17H,8,13-16H2,1H3. The Balaban J connectivity index is 1.70. The van der Waals surface area contributed by atoms with Crippen LogP contribution in [0.15, 0.2) is 67.0 Å². The summed E-state index contributed by atoms with van der Waals surface area (Å²) in [5.74, 6) is 1.02. The van der Waals surface area contributed by atoms with Gasteiger partial charge in [-0.05, 0) is 30.5 Å². The molecule has 0 aliphatic carbocycles. The van der Waals surface area contributed by atoms with E-state index in [0.29, 0.717) is 0 Å². The first-order chi connectivity index (χ1) is 12.3. The molecule has 0 radical (unpaired) electrons. The minimum absolute atomic E-state index is 0.0410. The maximum atomic E-state index is 4.27. The van der Waals surface area contributed by atoms with Gasteiger partial charge >= 0.3 is 0 Å². The molecule has 2 heterocycles. The number of piperidine rings is 1. The molecule has 1 saturated heterocycles. The van der Waals surface area contributed by atoms with Crippen LogP contribution in [-0.4, -0.2) is 32.8 Å². The number of hydrogen-bond donors (Lipinski definition) is 0. The summed E-state index contributed by atoms with van der Waals surface area (Å²) in [5.41, 5.74) is 2.85. The molecule has 1 fully saturated rings. The lowest BCUT2D eigenvalue weighted by atomic mass is 9.69. The van der Waals surface area contributed by atoms with Crippen molar-refractivity contribution in [3.63, 3.8) is 0 Å². The summed E-state index contributed by atoms with van der Waals surface area (Å²) in [6.45, 7) is 2.96. The van der Waals surface area contributed by atoms with Crippen molar-refractivity contribution >= 4 is 0 Å². The Morgan fingerprint density at radius 3 is 2.16 bits per heavy atom. The topological polar surface area (TPSA) is 34.0 Å². The molecule has 0 N–H and O–H groups in total. The minimum Gasteiger partial charge on any atom is -0.320 e. The molecular weight excluding hydrogens is 308 g/mol. The maximum Gasteiger partial charge on any atom is 0.146 e. The Kier molecular flexibility index (Phi) is 4.36. The van der Waals surface area contributed by atoms with Crippen molar-refractivity contribution in [1.29, 1.82) is 0 Å². The minimum atomic E-state index is 0.0410. The van der Waals surface area contributed by atoms with Crippen molar-refractivity contribution in [2.24, 2.45) is 7.05 Å². The molecule has 4 nitrogen and oxygen atoms in total. The van der Waals surface area contributed by atoms with Crippen LogP contribution in [0.2, 0.25) is 0 Å². The molecule has 1 aliphatic heterocycles. The fourth-order valence-corrected chi connectivity index (χ4v) is 4.08. The largest absolute Gasteiger partial charge is 0.320 e. The van der Waals surface area contributed by atoms with Gasteiger partial charge in [-0.1, -0.05) is 60.7 Å². The van der Waals surface area contributed by atoms with Gasteiger partial charge in [0.15, 0.2) is 0 Å². The summed E-state index contributed by atoms with van der Waals surface area (Å²) in [6.07, 6.45) is 4.14. The Morgan fingerprint density at radius 2 is 1.60 bits per heavy atom. The average Bonchev–Trinajstić information content (AvgIpc) is 3.08. The molecule has 0 amide bonds. The number of aromatic nitrogens is 3. The van der Waals surface area contributed by atoms with Crippen molar-refractivity contribution in [3.8, 4) is 0 Å². The summed E-state index contributed by atoms with van der Waals surface area (Å²) in [4.78, 5) is 2.52. The molecule has 4 heteroatoms. The number of likely N-dealkylation sites (tertiary alicyclic amines) is 1. The molecule has 0 atom stereocenters. The predicted molar refractivity (Wildman–Crippen MR) is 99.2 cm³/mol. The van der Waals surface area contributed by atoms with E-state index in [1.54, 1.807) is 6.33 Å². The third-order valence-corrected chi connectivity index (χ3v) is 5.39. The van der Waals surface area contributed by atoms with Crippen molar-refractivity contribution in [1.82, 2.24) is 19.7 Å². The van der Waals surface area contributed by atoms with Crippen LogP contribution in [0.5, 0.6) is 0 Å². The quantitative estimate of drug-likeness (QED) is 0.734. The van der Waals surface area contributed by atoms with Crippen LogP contribution in [-0.2, 0) is 19.0 Å². The highest BCUT2D eigenvalue weighted by Crippen LogP contribution is 2.40. The first kappa shape index (κ1) is 16.0. The third-order valence-electron chi connectivity index (χ3n) is 5.39. The van der Waals surface area contributed by atoms with Crippen molar-refractivity contribution in [3.05, 3.63) is 83.9 Å². The van der Waals surface area contributed by atoms with E-state index in [9.17, 15) is 0 Å². The smallest absolute Gasteiger partial charge is 0.146 e. The molecule has 0 bridgehead atoms. The second-order valence-corrected chi connectivity index (χ2v) is 6.99. The predicted octanol–water partition coefficient (Wildman–Crippen LogP) is 3.40. The van der Waals surface area contributed by atoms with Gasteiger partial charge in [-0.2, -0.15) is 0 Å². The number of aryl methyl sites for hydroxylation is 1. The van der Waals surface area contributed by atoms with Gasteiger partial charge in [0, 0.05) is 19.0 Å². The Hall–Kier alpha value is -2.46. The van der Waals surface area contributed by atoms with E-state index in [1.807, 2.05) is 11.6 Å². The van der Waals surface area contributed by atoms with E-state index < -0.39 is 0 Å². The van der Waals surface area contributed by atoms with E-state index in [2.05, 4.69) is 75.8 Å². The third kappa shape index (κ3) is 3.10. The highest BCUT2D eigenvalue weighted by atomic mass is 15.3. The molecule has 1 aromatic heterocycles. The number of benzene rings is 2. The lowest BCUT2D eigenvalue weighted by molar-refractivity contribution is 0.156. The SMILES string of the molecule is Cn1cnnc1CN1CCCC(c2ccccc2)(c2ccccc2)C1. The van der Waals surface area contributed by atoms with Crippen LogP contribution < -0.4 is 0 Å². The fourth-order valence-electron chi connectivity index (χ4n) is 4.08. The first-order valence-electron chi connectivity index (χ1n) is 8.94. The van der Waals surface area contributed by atoms with E-state index in [4.69, 9.17) is 0 Å². The zero-order chi connectivity index (χ0) is 17.1. The molecule has 4 rings (SSSR count). The Morgan fingerprint density at radius 1 is 0.960 bits per heavy atom. The van der Waals surface area contributed by atoms with Gasteiger partial charge in [0.2, 0.25) is 0 Å². The zero-order valence-corrected chi connectivity index (χ0v) is 14.7. The van der Waals surface area contributed by atoms with Crippen LogP contribution in [0.4, 0.5) is 0 Å². The van der Waals surface area contributed by atoms with Gasteiger partial charge in [-0.25, -0.2) is 0 Å². The number of rotatable bonds is 4. The van der Waals surface area contributed by atoms with Gasteiger partial charge in [0.05, 0.1) is 6.54 Å². The first-order valence-corrected chi connectivity index (χ1v) is 8.94. The summed E-state index contributed by atoms with van der Waals surface area (Å²) >= 11 is 0. The normalized spacial score (nSPS) is 17.5. The molecular formula is C21H24N4. The number of hydrogen-bond acceptors (Lipinski definition) is 3. The van der Waals surface area contributed by atoms with E-state index in [0.717, 1.165) is 25.5 Å². The summed E-state index contributed by atoms with van der Waals surface area (Å²) in [5, 5.41) is 8.30. The highest BCUT2D eigenvalue weighted by Gasteiger charge is 2.38. The van der Waals surface area contributed by atoms with Crippen LogP contribution in [0.1, 0.15) is 29.8 Å². The second-order valence-electron chi connectivity index (χ2n) is 6.99. The van der Waals surface area contributed by atoms with Gasteiger partial charge < -0.3 is 4.57 Å². The van der Waals surface area contributed by atoms with Crippen molar-refractivity contribution in [2.45, 2.75) is 24.8 Å². The Labute approximate surface area is 149 Å².